The molecule has 0 amide bonds. The number of morpholine rings is 3. The third-order valence-corrected chi connectivity index (χ3v) is 10.5. The van der Waals surface area contributed by atoms with Crippen LogP contribution in [0, 0.1) is 0 Å². The third-order valence-electron chi connectivity index (χ3n) is 8.67. The lowest BCUT2D eigenvalue weighted by Gasteiger charge is -2.30. The Morgan fingerprint density at radius 1 is 0.564 bits per heavy atom. The van der Waals surface area contributed by atoms with Crippen LogP contribution in [-0.4, -0.2) is 135 Å². The minimum Gasteiger partial charge on any atom is -0.378 e. The van der Waals surface area contributed by atoms with Gasteiger partial charge in [0.15, 0.2) is 0 Å². The molecule has 5 heterocycles. The molecular formula is C32H38N12O9S2. The molecule has 23 heteroatoms. The topological polar surface area (TPSA) is 274 Å². The van der Waals surface area contributed by atoms with Crippen LogP contribution in [0.2, 0.25) is 0 Å². The predicted octanol–water partition coefficient (Wildman–Crippen LogP) is 1.30. The Hall–Kier alpha value is -5.30. The van der Waals surface area contributed by atoms with Crippen molar-refractivity contribution in [2.24, 2.45) is 0 Å². The molecule has 4 aromatic rings. The highest BCUT2D eigenvalue weighted by Gasteiger charge is 2.23. The number of nitrogens with one attached hydrogen (secondary N) is 2. The molecule has 2 aromatic heterocycles. The van der Waals surface area contributed by atoms with Crippen LogP contribution in [0.1, 0.15) is 11.1 Å². The van der Waals surface area contributed by atoms with Gasteiger partial charge >= 0.3 is 0 Å². The molecular weight excluding hydrogens is 761 g/mol. The minimum absolute atomic E-state index is 0.0113. The number of rotatable bonds is 11. The molecule has 21 nitrogen and oxygen atoms in total. The highest BCUT2D eigenvalue weighted by molar-refractivity contribution is 7.86. The van der Waals surface area contributed by atoms with Gasteiger partial charge in [-0.1, -0.05) is 24.3 Å². The molecule has 0 spiro atoms. The van der Waals surface area contributed by atoms with Gasteiger partial charge in [0.2, 0.25) is 35.7 Å². The Balaban J connectivity index is 1.15. The summed E-state index contributed by atoms with van der Waals surface area (Å²) in [5.41, 5.74) is 6.37. The second-order valence-corrected chi connectivity index (χ2v) is 15.2. The van der Waals surface area contributed by atoms with Crippen molar-refractivity contribution < 1.29 is 40.2 Å². The fourth-order valence-corrected chi connectivity index (χ4v) is 7.36. The van der Waals surface area contributed by atoms with E-state index in [4.69, 9.17) is 19.9 Å². The molecule has 6 N–H and O–H groups in total. The summed E-state index contributed by atoms with van der Waals surface area (Å²) in [6.07, 6.45) is 2.58. The van der Waals surface area contributed by atoms with Crippen LogP contribution in [0.15, 0.2) is 46.2 Å². The van der Waals surface area contributed by atoms with Gasteiger partial charge in [-0.2, -0.15) is 46.7 Å². The Kier molecular flexibility index (Phi) is 11.2. The van der Waals surface area contributed by atoms with Crippen molar-refractivity contribution in [1.29, 1.82) is 0 Å². The average Bonchev–Trinajstić information content (AvgIpc) is 3.17. The van der Waals surface area contributed by atoms with Crippen LogP contribution in [0.5, 0.6) is 0 Å². The van der Waals surface area contributed by atoms with Crippen LogP contribution >= 0.6 is 0 Å². The lowest BCUT2D eigenvalue weighted by molar-refractivity contribution is 0.121. The first-order valence-electron chi connectivity index (χ1n) is 17.1. The van der Waals surface area contributed by atoms with E-state index in [2.05, 4.69) is 40.5 Å². The fourth-order valence-electron chi connectivity index (χ4n) is 5.94. The van der Waals surface area contributed by atoms with Crippen LogP contribution in [0.25, 0.3) is 12.2 Å². The van der Waals surface area contributed by atoms with Gasteiger partial charge in [-0.05, 0) is 35.4 Å². The molecule has 3 saturated heterocycles. The van der Waals surface area contributed by atoms with E-state index in [9.17, 15) is 25.9 Å². The predicted molar refractivity (Wildman–Crippen MR) is 201 cm³/mol. The summed E-state index contributed by atoms with van der Waals surface area (Å²) in [6, 6.07) is 8.20. The summed E-state index contributed by atoms with van der Waals surface area (Å²) in [7, 11) is -9.60. The van der Waals surface area contributed by atoms with Gasteiger partial charge in [-0.3, -0.25) is 9.11 Å². The Bertz CT molecular complexity index is 2250. The third kappa shape index (κ3) is 9.51. The lowest BCUT2D eigenvalue weighted by Crippen LogP contribution is -2.40. The van der Waals surface area contributed by atoms with Crippen LogP contribution in [0.3, 0.4) is 0 Å². The number of aromatic nitrogens is 6. The summed E-state index contributed by atoms with van der Waals surface area (Å²) in [4.78, 5) is 31.3. The van der Waals surface area contributed by atoms with E-state index in [-0.39, 0.29) is 40.3 Å². The van der Waals surface area contributed by atoms with E-state index in [1.807, 2.05) is 14.7 Å². The number of nitrogens with two attached hydrogens (primary N) is 1. The first-order valence-corrected chi connectivity index (χ1v) is 20.0. The number of anilines is 8. The number of ether oxygens (including phenoxy) is 3. The molecule has 3 aliphatic heterocycles. The first kappa shape index (κ1) is 38.0. The van der Waals surface area contributed by atoms with Crippen LogP contribution in [0.4, 0.5) is 47.1 Å². The van der Waals surface area contributed by atoms with Gasteiger partial charge in [-0.15, -0.1) is 0 Å². The normalized spacial score (nSPS) is 17.1. The van der Waals surface area contributed by atoms with Gasteiger partial charge in [-0.25, -0.2) is 0 Å². The van der Waals surface area contributed by atoms with E-state index < -0.39 is 30.0 Å². The molecule has 55 heavy (non-hydrogen) atoms. The fraction of sp³-hybridized carbons (Fsp3) is 0.375. The van der Waals surface area contributed by atoms with Crippen molar-refractivity contribution in [3.63, 3.8) is 0 Å². The molecule has 0 saturated carbocycles. The maximum atomic E-state index is 12.6. The van der Waals surface area contributed by atoms with Crippen molar-refractivity contribution >= 4 is 79.5 Å². The largest absolute Gasteiger partial charge is 0.378 e. The van der Waals surface area contributed by atoms with Crippen molar-refractivity contribution in [1.82, 2.24) is 29.9 Å². The second-order valence-electron chi connectivity index (χ2n) is 12.4. The molecule has 0 atom stereocenters. The Labute approximate surface area is 316 Å². The van der Waals surface area contributed by atoms with Crippen LogP contribution in [-0.2, 0) is 34.4 Å². The molecule has 7 rings (SSSR count). The zero-order chi connectivity index (χ0) is 38.6. The number of nitrogen functional groups attached to an aromatic ring is 1. The van der Waals surface area contributed by atoms with E-state index >= 15 is 0 Å². The van der Waals surface area contributed by atoms with Crippen LogP contribution < -0.4 is 31.1 Å². The number of hydrogen-bond donors (Lipinski definition) is 5. The smallest absolute Gasteiger partial charge is 0.295 e. The maximum Gasteiger partial charge on any atom is 0.295 e. The zero-order valence-corrected chi connectivity index (χ0v) is 30.9. The molecule has 2 aromatic carbocycles. The summed E-state index contributed by atoms with van der Waals surface area (Å²) >= 11 is 0. The summed E-state index contributed by atoms with van der Waals surface area (Å²) in [5.74, 6) is 1.27. The van der Waals surface area contributed by atoms with Gasteiger partial charge < -0.3 is 45.3 Å². The molecule has 292 valence electrons. The molecule has 0 unspecified atom stereocenters. The van der Waals surface area contributed by atoms with Crippen molar-refractivity contribution in [3.8, 4) is 0 Å². The number of benzene rings is 2. The Morgan fingerprint density at radius 3 is 1.31 bits per heavy atom. The van der Waals surface area contributed by atoms with Crippen molar-refractivity contribution in [2.75, 3.05) is 110 Å². The van der Waals surface area contributed by atoms with E-state index in [0.29, 0.717) is 96.8 Å². The number of hydrogen-bond acceptors (Lipinski definition) is 19. The number of nitrogens with zero attached hydrogens (tertiary/aromatic N) is 9. The zero-order valence-electron chi connectivity index (χ0n) is 29.3. The maximum absolute atomic E-state index is 12.6. The summed E-state index contributed by atoms with van der Waals surface area (Å²) in [5, 5.41) is 5.92. The molecule has 3 aliphatic rings. The first-order chi connectivity index (χ1) is 26.4. The van der Waals surface area contributed by atoms with Crippen molar-refractivity contribution in [2.45, 2.75) is 9.79 Å². The second kappa shape index (κ2) is 16.2. The molecule has 0 radical (unpaired) electrons. The lowest BCUT2D eigenvalue weighted by atomic mass is 10.1. The monoisotopic (exact) mass is 798 g/mol. The highest BCUT2D eigenvalue weighted by atomic mass is 32.2. The van der Waals surface area contributed by atoms with E-state index in [1.165, 1.54) is 36.4 Å². The van der Waals surface area contributed by atoms with Gasteiger partial charge in [0, 0.05) is 50.6 Å². The summed E-state index contributed by atoms with van der Waals surface area (Å²) in [6.45, 7) is 6.38. The molecule has 3 fully saturated rings. The van der Waals surface area contributed by atoms with E-state index in [0.717, 1.165) is 6.07 Å². The van der Waals surface area contributed by atoms with Gasteiger partial charge in [0.05, 0.1) is 39.6 Å². The molecule has 0 aliphatic carbocycles. The average molecular weight is 799 g/mol. The van der Waals surface area contributed by atoms with Gasteiger partial charge in [0.25, 0.3) is 20.2 Å². The van der Waals surface area contributed by atoms with Crippen molar-refractivity contribution in [3.05, 3.63) is 47.5 Å². The standard InChI is InChI=1S/C32H38N12O9S2/c33-27-36-28(38-30(37-27)42-7-13-51-14-8-42)34-23-5-3-21(25(19-23)54(45,46)47)1-2-22-4-6-24(20-26(22)55(48,49)50)35-29-39-31(43-9-15-52-16-10-43)41-32(40-29)44-11-17-53-18-12-44/h1-6,19-20H,7-18H2,(H,45,46,47)(H,48,49,50)(H,35,39,40,41)(H3,33,34,36,37,38)/b2-1+. The molecule has 0 bridgehead atoms. The SMILES string of the molecule is Nc1nc(Nc2ccc(/C=C/c3ccc(Nc4nc(N5CCOCC5)nc(N5CCOCC5)n4)cc3S(=O)(=O)O)c(S(=O)(=O)O)c2)nc(N2CCOCC2)n1. The Morgan fingerprint density at radius 2 is 0.927 bits per heavy atom. The van der Waals surface area contributed by atoms with E-state index in [1.54, 1.807) is 6.07 Å². The quantitative estimate of drug-likeness (QED) is 0.106. The van der Waals surface area contributed by atoms with Gasteiger partial charge in [0.1, 0.15) is 9.79 Å². The minimum atomic E-state index is -4.80. The summed E-state index contributed by atoms with van der Waals surface area (Å²) < 4.78 is 86.9. The highest BCUT2D eigenvalue weighted by Crippen LogP contribution is 2.29.